The molecule has 3 unspecified atom stereocenters. The third-order valence-electron chi connectivity index (χ3n) is 3.83. The van der Waals surface area contributed by atoms with Gasteiger partial charge in [-0.15, -0.1) is 11.3 Å². The number of likely N-dealkylation sites (tertiary alicyclic amines) is 1. The van der Waals surface area contributed by atoms with Crippen LogP contribution < -0.4 is 11.1 Å². The number of piperidine rings is 1. The zero-order valence-electron chi connectivity index (χ0n) is 11.9. The molecule has 2 rings (SSSR count). The number of hydrogen-bond acceptors (Lipinski definition) is 4. The van der Waals surface area contributed by atoms with Crippen molar-refractivity contribution in [1.29, 1.82) is 0 Å². The molecule has 3 atom stereocenters. The van der Waals surface area contributed by atoms with Crippen LogP contribution in [0.5, 0.6) is 0 Å². The van der Waals surface area contributed by atoms with Crippen molar-refractivity contribution in [3.05, 3.63) is 21.3 Å². The molecule has 1 aliphatic heterocycles. The van der Waals surface area contributed by atoms with Gasteiger partial charge in [0, 0.05) is 18.0 Å². The number of hydrogen-bond donors (Lipinski definition) is 2. The summed E-state index contributed by atoms with van der Waals surface area (Å²) < 4.78 is 0.763. The molecular formula is C14H22ClN3OS. The number of rotatable bonds is 4. The topological polar surface area (TPSA) is 58.4 Å². The lowest BCUT2D eigenvalue weighted by molar-refractivity contribution is -0.128. The predicted octanol–water partition coefficient (Wildman–Crippen LogP) is 2.39. The fraction of sp³-hybridized carbons (Fsp3) is 0.643. The lowest BCUT2D eigenvalue weighted by Gasteiger charge is -2.41. The van der Waals surface area contributed by atoms with Crippen molar-refractivity contribution >= 4 is 28.8 Å². The van der Waals surface area contributed by atoms with Gasteiger partial charge in [-0.05, 0) is 38.4 Å². The fourth-order valence-electron chi connectivity index (χ4n) is 2.95. The average Bonchev–Trinajstić information content (AvgIpc) is 2.84. The van der Waals surface area contributed by atoms with E-state index in [1.165, 1.54) is 0 Å². The van der Waals surface area contributed by atoms with Gasteiger partial charge in [-0.3, -0.25) is 9.69 Å². The van der Waals surface area contributed by atoms with E-state index in [2.05, 4.69) is 10.2 Å². The molecular weight excluding hydrogens is 294 g/mol. The van der Waals surface area contributed by atoms with Crippen LogP contribution in [0.4, 0.5) is 0 Å². The molecule has 4 nitrogen and oxygen atoms in total. The molecule has 0 aromatic carbocycles. The minimum atomic E-state index is -0.0920. The Bertz CT molecular complexity index is 463. The summed E-state index contributed by atoms with van der Waals surface area (Å²) in [6.07, 6.45) is 3.09. The molecule has 20 heavy (non-hydrogen) atoms. The molecule has 1 fully saturated rings. The number of carbonyl (C=O) groups excluding carboxylic acids is 1. The number of thiophene rings is 1. The van der Waals surface area contributed by atoms with Crippen LogP contribution in [0.3, 0.4) is 0 Å². The molecule has 6 heteroatoms. The van der Waals surface area contributed by atoms with E-state index in [4.69, 9.17) is 17.3 Å². The van der Waals surface area contributed by atoms with Crippen molar-refractivity contribution in [3.8, 4) is 0 Å². The molecule has 0 bridgehead atoms. The molecule has 2 heterocycles. The molecule has 1 saturated heterocycles. The van der Waals surface area contributed by atoms with Crippen LogP contribution in [-0.4, -0.2) is 36.5 Å². The monoisotopic (exact) mass is 315 g/mol. The number of nitrogens with zero attached hydrogens (tertiary/aromatic N) is 1. The summed E-state index contributed by atoms with van der Waals surface area (Å²) in [5.41, 5.74) is 6.20. The van der Waals surface area contributed by atoms with E-state index in [1.807, 2.05) is 19.1 Å². The van der Waals surface area contributed by atoms with Gasteiger partial charge in [-0.2, -0.15) is 0 Å². The summed E-state index contributed by atoms with van der Waals surface area (Å²) in [5.74, 6) is 0.0815. The molecule has 1 aromatic rings. The van der Waals surface area contributed by atoms with Gasteiger partial charge in [0.25, 0.3) is 0 Å². The Morgan fingerprint density at radius 3 is 2.85 bits per heavy atom. The van der Waals surface area contributed by atoms with Crippen LogP contribution in [-0.2, 0) is 4.79 Å². The zero-order valence-corrected chi connectivity index (χ0v) is 13.5. The van der Waals surface area contributed by atoms with Crippen LogP contribution in [0.25, 0.3) is 0 Å². The maximum atomic E-state index is 12.1. The van der Waals surface area contributed by atoms with Crippen molar-refractivity contribution in [2.24, 2.45) is 5.73 Å². The highest BCUT2D eigenvalue weighted by molar-refractivity contribution is 7.16. The number of nitrogens with one attached hydrogen (secondary N) is 1. The van der Waals surface area contributed by atoms with Crippen molar-refractivity contribution in [2.45, 2.75) is 44.3 Å². The maximum absolute atomic E-state index is 12.1. The molecule has 1 aliphatic rings. The van der Waals surface area contributed by atoms with Crippen LogP contribution in [0, 0.1) is 0 Å². The molecule has 1 aromatic heterocycles. The van der Waals surface area contributed by atoms with E-state index in [-0.39, 0.29) is 24.0 Å². The Labute approximate surface area is 129 Å². The van der Waals surface area contributed by atoms with Gasteiger partial charge in [-0.25, -0.2) is 0 Å². The van der Waals surface area contributed by atoms with Gasteiger partial charge in [0.2, 0.25) is 5.91 Å². The number of amides is 1. The molecule has 0 aliphatic carbocycles. The van der Waals surface area contributed by atoms with Gasteiger partial charge in [0.15, 0.2) is 0 Å². The maximum Gasteiger partial charge on any atom is 0.237 e. The van der Waals surface area contributed by atoms with Crippen LogP contribution >= 0.6 is 22.9 Å². The minimum absolute atomic E-state index is 0.0463. The number of carbonyl (C=O) groups is 1. The predicted molar refractivity (Wildman–Crippen MR) is 84.1 cm³/mol. The van der Waals surface area contributed by atoms with Gasteiger partial charge >= 0.3 is 0 Å². The van der Waals surface area contributed by atoms with E-state index < -0.39 is 0 Å². The SMILES string of the molecule is CNC(=O)C1CCCCN1C(c1ccc(Cl)s1)C(C)N. The van der Waals surface area contributed by atoms with E-state index in [0.717, 1.165) is 35.0 Å². The third kappa shape index (κ3) is 3.34. The largest absolute Gasteiger partial charge is 0.358 e. The van der Waals surface area contributed by atoms with Gasteiger partial charge < -0.3 is 11.1 Å². The quantitative estimate of drug-likeness (QED) is 0.897. The van der Waals surface area contributed by atoms with Gasteiger partial charge in [0.05, 0.1) is 16.4 Å². The molecule has 0 spiro atoms. The van der Waals surface area contributed by atoms with E-state index in [1.54, 1.807) is 18.4 Å². The van der Waals surface area contributed by atoms with Crippen molar-refractivity contribution in [2.75, 3.05) is 13.6 Å². The van der Waals surface area contributed by atoms with E-state index in [0.29, 0.717) is 0 Å². The lowest BCUT2D eigenvalue weighted by Crippen LogP contribution is -2.53. The summed E-state index contributed by atoms with van der Waals surface area (Å²) in [6.45, 7) is 2.90. The first-order chi connectivity index (χ1) is 9.54. The molecule has 1 amide bonds. The second kappa shape index (κ2) is 6.89. The number of likely N-dealkylation sites (N-methyl/N-ethyl adjacent to an activating group) is 1. The second-order valence-electron chi connectivity index (χ2n) is 5.31. The molecule has 3 N–H and O–H groups in total. The second-order valence-corrected chi connectivity index (χ2v) is 7.06. The highest BCUT2D eigenvalue weighted by atomic mass is 35.5. The summed E-state index contributed by atoms with van der Waals surface area (Å²) in [5, 5.41) is 2.77. The Kier molecular flexibility index (Phi) is 5.43. The standard InChI is InChI=1S/C14H22ClN3OS/c1-9(16)13(11-6-7-12(15)20-11)18-8-4-3-5-10(18)14(19)17-2/h6-7,9-10,13H,3-5,8,16H2,1-2H3,(H,17,19). The van der Waals surface area contributed by atoms with Crippen LogP contribution in [0.2, 0.25) is 4.34 Å². The van der Waals surface area contributed by atoms with Crippen molar-refractivity contribution in [1.82, 2.24) is 10.2 Å². The fourth-order valence-corrected chi connectivity index (χ4v) is 4.25. The van der Waals surface area contributed by atoms with Crippen molar-refractivity contribution in [3.63, 3.8) is 0 Å². The highest BCUT2D eigenvalue weighted by Gasteiger charge is 2.36. The number of nitrogens with two attached hydrogens (primary N) is 1. The minimum Gasteiger partial charge on any atom is -0.358 e. The summed E-state index contributed by atoms with van der Waals surface area (Å²) >= 11 is 7.61. The zero-order chi connectivity index (χ0) is 14.7. The summed E-state index contributed by atoms with van der Waals surface area (Å²) in [4.78, 5) is 15.5. The molecule has 112 valence electrons. The number of halogens is 1. The lowest BCUT2D eigenvalue weighted by atomic mass is 9.96. The summed E-state index contributed by atoms with van der Waals surface area (Å²) in [7, 11) is 1.69. The van der Waals surface area contributed by atoms with E-state index >= 15 is 0 Å². The Morgan fingerprint density at radius 1 is 1.55 bits per heavy atom. The third-order valence-corrected chi connectivity index (χ3v) is 5.14. The molecule has 0 saturated carbocycles. The molecule has 0 radical (unpaired) electrons. The normalized spacial score (nSPS) is 23.3. The van der Waals surface area contributed by atoms with Crippen LogP contribution in [0.15, 0.2) is 12.1 Å². The first-order valence-corrected chi connectivity index (χ1v) is 8.22. The Balaban J connectivity index is 2.28. The average molecular weight is 316 g/mol. The van der Waals surface area contributed by atoms with Gasteiger partial charge in [-0.1, -0.05) is 18.0 Å². The van der Waals surface area contributed by atoms with E-state index in [9.17, 15) is 4.79 Å². The smallest absolute Gasteiger partial charge is 0.237 e. The Hall–Kier alpha value is -0.620. The van der Waals surface area contributed by atoms with Gasteiger partial charge in [0.1, 0.15) is 0 Å². The van der Waals surface area contributed by atoms with Crippen molar-refractivity contribution < 1.29 is 4.79 Å². The first kappa shape index (κ1) is 15.8. The highest BCUT2D eigenvalue weighted by Crippen LogP contribution is 2.35. The van der Waals surface area contributed by atoms with Crippen LogP contribution in [0.1, 0.15) is 37.1 Å². The first-order valence-electron chi connectivity index (χ1n) is 7.02. The Morgan fingerprint density at radius 2 is 2.30 bits per heavy atom. The summed E-state index contributed by atoms with van der Waals surface area (Å²) in [6, 6.07) is 3.84.